The quantitative estimate of drug-likeness (QED) is 0.173. The molecule has 5 rings (SSSR count). The number of carbonyl (C=O) groups is 1. The van der Waals surface area contributed by atoms with E-state index in [1.54, 1.807) is 50.4 Å². The van der Waals surface area contributed by atoms with E-state index >= 15 is 0 Å². The number of aliphatic hydroxyl groups is 1. The number of benzene rings is 2. The van der Waals surface area contributed by atoms with Crippen LogP contribution in [0, 0.1) is 24.0 Å². The molecule has 3 heterocycles. The molecule has 11 heteroatoms. The Labute approximate surface area is 248 Å². The molecule has 0 unspecified atom stereocenters. The molecular weight excluding hydrogens is 556 g/mol. The molecule has 1 saturated heterocycles. The molecule has 3 aromatic rings. The van der Waals surface area contributed by atoms with Crippen LogP contribution in [0.15, 0.2) is 69.8 Å². The summed E-state index contributed by atoms with van der Waals surface area (Å²) in [5.41, 5.74) is 4.48. The zero-order valence-corrected chi connectivity index (χ0v) is 24.7. The highest BCUT2D eigenvalue weighted by Gasteiger charge is 2.33. The molecule has 0 aliphatic carbocycles. The van der Waals surface area contributed by atoms with Crippen LogP contribution in [-0.4, -0.2) is 52.4 Å². The van der Waals surface area contributed by atoms with Crippen molar-refractivity contribution in [3.05, 3.63) is 91.8 Å². The van der Waals surface area contributed by atoms with Gasteiger partial charge in [-0.15, -0.1) is 0 Å². The van der Waals surface area contributed by atoms with E-state index in [9.17, 15) is 20.0 Å². The Hall–Kier alpha value is -4.51. The maximum absolute atomic E-state index is 12.8. The maximum atomic E-state index is 12.8. The molecule has 1 fully saturated rings. The van der Waals surface area contributed by atoms with Crippen molar-refractivity contribution in [2.45, 2.75) is 33.6 Å². The summed E-state index contributed by atoms with van der Waals surface area (Å²) in [5, 5.41) is 23.5. The van der Waals surface area contributed by atoms with E-state index in [0.29, 0.717) is 32.8 Å². The van der Waals surface area contributed by atoms with Crippen molar-refractivity contribution in [2.24, 2.45) is 4.99 Å². The number of hydrogen-bond acceptors (Lipinski definition) is 9. The number of nitro groups is 1. The number of nitrogens with zero attached hydrogens (tertiary/aromatic N) is 4. The molecule has 42 heavy (non-hydrogen) atoms. The second-order valence-electron chi connectivity index (χ2n) is 9.96. The number of ether oxygens (including phenoxy) is 2. The van der Waals surface area contributed by atoms with Gasteiger partial charge >= 0.3 is 5.97 Å². The number of rotatable bonds is 8. The number of methoxy groups -OCH3 is 1. The molecule has 1 N–H and O–H groups in total. The third-order valence-electron chi connectivity index (χ3n) is 7.29. The molecule has 0 radical (unpaired) electrons. The number of carbonyl (C=O) groups excluding carboxylic acids is 1. The normalized spacial score (nSPS) is 17.0. The Kier molecular flexibility index (Phi) is 8.39. The van der Waals surface area contributed by atoms with Crippen molar-refractivity contribution in [1.29, 1.82) is 0 Å². The average molecular weight is 589 g/mol. The standard InChI is InChI=1S/C31H32N4O6S/c1-5-41-31(37)28-29(36)27(42-30(28)32-22-8-11-24(40-4)12-9-22)17-21-16-19(2)34(20(21)3)23-10-13-25(26(18-23)35(38)39)33-14-6-7-15-33/h8-13,16-18,36H,5-7,14-15H2,1-4H3/b27-17-,32-30?. The third kappa shape index (κ3) is 5.64. The van der Waals surface area contributed by atoms with Gasteiger partial charge in [-0.25, -0.2) is 9.79 Å². The minimum Gasteiger partial charge on any atom is -0.506 e. The van der Waals surface area contributed by atoms with Crippen molar-refractivity contribution >= 4 is 45.9 Å². The van der Waals surface area contributed by atoms with Crippen LogP contribution in [0.1, 0.15) is 36.7 Å². The molecule has 0 amide bonds. The van der Waals surface area contributed by atoms with Crippen molar-refractivity contribution in [2.75, 3.05) is 31.7 Å². The molecule has 218 valence electrons. The predicted octanol–water partition coefficient (Wildman–Crippen LogP) is 6.80. The molecule has 0 spiro atoms. The van der Waals surface area contributed by atoms with Gasteiger partial charge in [0, 0.05) is 30.5 Å². The highest BCUT2D eigenvalue weighted by Crippen LogP contribution is 2.41. The lowest BCUT2D eigenvalue weighted by Gasteiger charge is -2.19. The van der Waals surface area contributed by atoms with E-state index in [2.05, 4.69) is 9.89 Å². The number of esters is 1. The molecule has 10 nitrogen and oxygen atoms in total. The van der Waals surface area contributed by atoms with Crippen LogP contribution in [0.3, 0.4) is 0 Å². The Bertz CT molecular complexity index is 1630. The van der Waals surface area contributed by atoms with Gasteiger partial charge in [0.15, 0.2) is 0 Å². The fraction of sp³-hybridized carbons (Fsp3) is 0.290. The lowest BCUT2D eigenvalue weighted by molar-refractivity contribution is -0.384. The number of hydrogen-bond donors (Lipinski definition) is 1. The van der Waals surface area contributed by atoms with Gasteiger partial charge in [0.05, 0.1) is 34.9 Å². The van der Waals surface area contributed by atoms with Crippen LogP contribution in [0.4, 0.5) is 17.1 Å². The van der Waals surface area contributed by atoms with Crippen molar-refractivity contribution in [3.63, 3.8) is 0 Å². The Morgan fingerprint density at radius 2 is 1.86 bits per heavy atom. The van der Waals surface area contributed by atoms with E-state index in [0.717, 1.165) is 42.9 Å². The van der Waals surface area contributed by atoms with Gasteiger partial charge in [0.1, 0.15) is 27.8 Å². The number of aromatic nitrogens is 1. The Morgan fingerprint density at radius 1 is 1.14 bits per heavy atom. The van der Waals surface area contributed by atoms with Crippen LogP contribution in [0.25, 0.3) is 11.8 Å². The summed E-state index contributed by atoms with van der Waals surface area (Å²) in [6.07, 6.45) is 3.84. The van der Waals surface area contributed by atoms with Crippen molar-refractivity contribution < 1.29 is 24.3 Å². The van der Waals surface area contributed by atoms with E-state index in [-0.39, 0.29) is 28.5 Å². The molecular formula is C31H32N4O6S. The van der Waals surface area contributed by atoms with E-state index in [1.165, 1.54) is 11.8 Å². The van der Waals surface area contributed by atoms with Gasteiger partial charge in [0.25, 0.3) is 5.69 Å². The number of anilines is 1. The minimum absolute atomic E-state index is 0.00542. The number of aryl methyl sites for hydroxylation is 1. The summed E-state index contributed by atoms with van der Waals surface area (Å²) in [5.74, 6) is -0.191. The van der Waals surface area contributed by atoms with Gasteiger partial charge in [0.2, 0.25) is 0 Å². The molecule has 2 aromatic carbocycles. The summed E-state index contributed by atoms with van der Waals surface area (Å²) in [4.78, 5) is 31.6. The third-order valence-corrected chi connectivity index (χ3v) is 8.31. The van der Waals surface area contributed by atoms with Crippen LogP contribution in [0.5, 0.6) is 5.75 Å². The van der Waals surface area contributed by atoms with Crippen LogP contribution in [-0.2, 0) is 9.53 Å². The second-order valence-corrected chi connectivity index (χ2v) is 11.0. The van der Waals surface area contributed by atoms with E-state index in [1.807, 2.05) is 36.6 Å². The SMILES string of the molecule is CCOC(=O)C1=C(O)/C(=C/c2cc(C)n(-c3ccc(N4CCCC4)c([N+](=O)[O-])c3)c2C)SC1=Nc1ccc(OC)cc1. The fourth-order valence-electron chi connectivity index (χ4n) is 5.26. The van der Waals surface area contributed by atoms with Crippen molar-refractivity contribution in [3.8, 4) is 11.4 Å². The van der Waals surface area contributed by atoms with Gasteiger partial charge in [-0.05, 0) is 87.7 Å². The summed E-state index contributed by atoms with van der Waals surface area (Å²) in [6.45, 7) is 7.31. The molecule has 0 atom stereocenters. The lowest BCUT2D eigenvalue weighted by Crippen LogP contribution is -2.19. The van der Waals surface area contributed by atoms with Crippen LogP contribution in [0.2, 0.25) is 0 Å². The lowest BCUT2D eigenvalue weighted by atomic mass is 10.1. The van der Waals surface area contributed by atoms with Gasteiger partial charge in [-0.3, -0.25) is 10.1 Å². The fourth-order valence-corrected chi connectivity index (χ4v) is 6.29. The average Bonchev–Trinajstić information content (AvgIpc) is 3.68. The first-order valence-corrected chi connectivity index (χ1v) is 14.5. The topological polar surface area (TPSA) is 119 Å². The first-order chi connectivity index (χ1) is 20.2. The highest BCUT2D eigenvalue weighted by atomic mass is 32.2. The van der Waals surface area contributed by atoms with Crippen molar-refractivity contribution in [1.82, 2.24) is 4.57 Å². The zero-order chi connectivity index (χ0) is 30.0. The molecule has 2 aliphatic heterocycles. The first kappa shape index (κ1) is 29.0. The number of thioether (sulfide) groups is 1. The molecule has 2 aliphatic rings. The summed E-state index contributed by atoms with van der Waals surface area (Å²) < 4.78 is 12.4. The van der Waals surface area contributed by atoms with Gasteiger partial charge in [-0.1, -0.05) is 11.8 Å². The van der Waals surface area contributed by atoms with E-state index in [4.69, 9.17) is 9.47 Å². The van der Waals surface area contributed by atoms with Gasteiger partial charge in [-0.2, -0.15) is 0 Å². The Balaban J connectivity index is 1.53. The number of aliphatic imine (C=N–C) groups is 1. The maximum Gasteiger partial charge on any atom is 0.344 e. The van der Waals surface area contributed by atoms with Crippen LogP contribution >= 0.6 is 11.8 Å². The summed E-state index contributed by atoms with van der Waals surface area (Å²) in [6, 6.07) is 14.3. The molecule has 0 saturated carbocycles. The van der Waals surface area contributed by atoms with Gasteiger partial charge < -0.3 is 24.0 Å². The Morgan fingerprint density at radius 3 is 2.50 bits per heavy atom. The van der Waals surface area contributed by atoms with Crippen LogP contribution < -0.4 is 9.64 Å². The monoisotopic (exact) mass is 588 g/mol. The largest absolute Gasteiger partial charge is 0.506 e. The second kappa shape index (κ2) is 12.2. The van der Waals surface area contributed by atoms with E-state index < -0.39 is 5.97 Å². The smallest absolute Gasteiger partial charge is 0.344 e. The molecule has 1 aromatic heterocycles. The minimum atomic E-state index is -0.658. The first-order valence-electron chi connectivity index (χ1n) is 13.7. The molecule has 0 bridgehead atoms. The predicted molar refractivity (Wildman–Crippen MR) is 165 cm³/mol. The number of aliphatic hydroxyl groups excluding tert-OH is 1. The number of nitro benzene ring substituents is 1. The summed E-state index contributed by atoms with van der Waals surface area (Å²) >= 11 is 1.17. The summed E-state index contributed by atoms with van der Waals surface area (Å²) in [7, 11) is 1.58. The highest BCUT2D eigenvalue weighted by molar-refractivity contribution is 8.18. The zero-order valence-electron chi connectivity index (χ0n) is 23.9.